The van der Waals surface area contributed by atoms with Crippen molar-refractivity contribution < 1.29 is 14.3 Å². The number of benzene rings is 1. The van der Waals surface area contributed by atoms with E-state index in [9.17, 15) is 9.59 Å². The zero-order valence-electron chi connectivity index (χ0n) is 21.7. The van der Waals surface area contributed by atoms with Crippen LogP contribution in [0.1, 0.15) is 40.0 Å². The Bertz CT molecular complexity index is 790. The van der Waals surface area contributed by atoms with Crippen molar-refractivity contribution in [2.75, 3.05) is 76.7 Å². The summed E-state index contributed by atoms with van der Waals surface area (Å²) in [6, 6.07) is 8.16. The van der Waals surface area contributed by atoms with Gasteiger partial charge in [-0.2, -0.15) is 0 Å². The molecule has 0 radical (unpaired) electrons. The predicted octanol–water partition coefficient (Wildman–Crippen LogP) is 3.35. The first-order valence-corrected chi connectivity index (χ1v) is 12.6. The number of likely N-dealkylation sites (N-methyl/N-ethyl adjacent to an activating group) is 1. The maximum atomic E-state index is 12.2. The summed E-state index contributed by atoms with van der Waals surface area (Å²) in [4.78, 5) is 32.9. The molecule has 2 amide bonds. The molecule has 2 aliphatic heterocycles. The molecule has 1 aromatic rings. The molecule has 2 aliphatic rings. The number of rotatable bonds is 7. The van der Waals surface area contributed by atoms with Crippen LogP contribution in [0, 0.1) is 5.92 Å². The Balaban J connectivity index is 1.34. The van der Waals surface area contributed by atoms with E-state index in [1.165, 1.54) is 12.1 Å². The molecule has 8 heteroatoms. The second-order valence-corrected chi connectivity index (χ2v) is 10.9. The molecule has 190 valence electrons. The molecule has 0 spiro atoms. The van der Waals surface area contributed by atoms with Gasteiger partial charge in [-0.3, -0.25) is 9.69 Å². The topological polar surface area (TPSA) is 68.4 Å². The number of ether oxygens (including phenoxy) is 1. The van der Waals surface area contributed by atoms with E-state index in [-0.39, 0.29) is 12.0 Å². The fraction of sp³-hybridized carbons (Fsp3) is 0.692. The molecule has 2 saturated heterocycles. The summed E-state index contributed by atoms with van der Waals surface area (Å²) >= 11 is 0. The number of piperazine rings is 1. The van der Waals surface area contributed by atoms with E-state index in [0.29, 0.717) is 12.5 Å². The largest absolute Gasteiger partial charge is 0.444 e. The van der Waals surface area contributed by atoms with Gasteiger partial charge in [0.2, 0.25) is 5.91 Å². The van der Waals surface area contributed by atoms with Crippen LogP contribution in [-0.2, 0) is 9.53 Å². The summed E-state index contributed by atoms with van der Waals surface area (Å²) in [6.45, 7) is 13.0. The Kier molecular flexibility index (Phi) is 9.19. The smallest absolute Gasteiger partial charge is 0.410 e. The quantitative estimate of drug-likeness (QED) is 0.655. The van der Waals surface area contributed by atoms with Crippen molar-refractivity contribution in [2.45, 2.75) is 45.6 Å². The van der Waals surface area contributed by atoms with Crippen molar-refractivity contribution in [3.8, 4) is 0 Å². The van der Waals surface area contributed by atoms with Crippen molar-refractivity contribution in [3.63, 3.8) is 0 Å². The highest BCUT2D eigenvalue weighted by molar-refractivity contribution is 5.92. The fourth-order valence-corrected chi connectivity index (χ4v) is 4.57. The summed E-state index contributed by atoms with van der Waals surface area (Å²) in [5.41, 5.74) is 1.62. The monoisotopic (exact) mass is 473 g/mol. The lowest BCUT2D eigenvalue weighted by atomic mass is 9.93. The van der Waals surface area contributed by atoms with Gasteiger partial charge in [0.15, 0.2) is 0 Å². The molecule has 3 rings (SSSR count). The number of carbonyl (C=O) groups is 2. The molecule has 2 fully saturated rings. The average molecular weight is 474 g/mol. The molecule has 0 aromatic heterocycles. The van der Waals surface area contributed by atoms with E-state index in [2.05, 4.69) is 27.2 Å². The predicted molar refractivity (Wildman–Crippen MR) is 137 cm³/mol. The van der Waals surface area contributed by atoms with E-state index in [1.54, 1.807) is 0 Å². The summed E-state index contributed by atoms with van der Waals surface area (Å²) < 4.78 is 5.51. The molecule has 1 N–H and O–H groups in total. The molecular weight excluding hydrogens is 430 g/mol. The number of nitrogens with zero attached hydrogens (tertiary/aromatic N) is 4. The summed E-state index contributed by atoms with van der Waals surface area (Å²) in [7, 11) is 3.77. The van der Waals surface area contributed by atoms with Crippen LogP contribution >= 0.6 is 0 Å². The second kappa shape index (κ2) is 11.9. The van der Waals surface area contributed by atoms with E-state index in [4.69, 9.17) is 4.74 Å². The molecule has 0 saturated carbocycles. The number of hydrogen-bond donors (Lipinski definition) is 1. The molecule has 0 bridgehead atoms. The van der Waals surface area contributed by atoms with Gasteiger partial charge in [0.1, 0.15) is 5.60 Å². The van der Waals surface area contributed by atoms with Crippen LogP contribution in [0.15, 0.2) is 24.3 Å². The Labute approximate surface area is 205 Å². The number of anilines is 2. The van der Waals surface area contributed by atoms with Gasteiger partial charge < -0.3 is 24.8 Å². The number of carbonyl (C=O) groups excluding carboxylic acids is 2. The third-order valence-corrected chi connectivity index (χ3v) is 6.47. The molecular formula is C26H43N5O3. The summed E-state index contributed by atoms with van der Waals surface area (Å²) in [5, 5.41) is 2.94. The fourth-order valence-electron chi connectivity index (χ4n) is 4.57. The zero-order chi connectivity index (χ0) is 24.7. The molecule has 8 nitrogen and oxygen atoms in total. The van der Waals surface area contributed by atoms with Crippen LogP contribution in [-0.4, -0.2) is 98.8 Å². The van der Waals surface area contributed by atoms with Crippen molar-refractivity contribution in [1.82, 2.24) is 14.7 Å². The van der Waals surface area contributed by atoms with Crippen molar-refractivity contribution in [1.29, 1.82) is 0 Å². The number of amides is 2. The van der Waals surface area contributed by atoms with E-state index in [0.717, 1.165) is 64.3 Å². The molecule has 0 aliphatic carbocycles. The standard InChI is InChI=1S/C26H43N5O3/c1-26(2,3)34-25(33)31-14-11-21(12-15-31)10-13-29-16-18-30(19-17-29)23-8-6-22(7-9-23)27-24(32)20-28(4)5/h6-9,21H,10-20H2,1-5H3,(H,27,32). The SMILES string of the molecule is CN(C)CC(=O)Nc1ccc(N2CCN(CCC3CCN(C(=O)OC(C)(C)C)CC3)CC2)cc1. The van der Waals surface area contributed by atoms with Gasteiger partial charge in [-0.1, -0.05) is 0 Å². The van der Waals surface area contributed by atoms with Gasteiger partial charge in [0.25, 0.3) is 0 Å². The molecule has 0 atom stereocenters. The van der Waals surface area contributed by atoms with E-state index >= 15 is 0 Å². The molecule has 2 heterocycles. The van der Waals surface area contributed by atoms with Gasteiger partial charge in [-0.05, 0) is 90.9 Å². The van der Waals surface area contributed by atoms with Crippen molar-refractivity contribution in [3.05, 3.63) is 24.3 Å². The minimum atomic E-state index is -0.431. The van der Waals surface area contributed by atoms with Crippen LogP contribution < -0.4 is 10.2 Å². The zero-order valence-corrected chi connectivity index (χ0v) is 21.7. The number of piperidine rings is 1. The molecule has 0 unspecified atom stereocenters. The lowest BCUT2D eigenvalue weighted by Crippen LogP contribution is -2.47. The van der Waals surface area contributed by atoms with Gasteiger partial charge >= 0.3 is 6.09 Å². The van der Waals surface area contributed by atoms with Crippen LogP contribution in [0.5, 0.6) is 0 Å². The number of likely N-dealkylation sites (tertiary alicyclic amines) is 1. The Hall–Kier alpha value is -2.32. The highest BCUT2D eigenvalue weighted by atomic mass is 16.6. The van der Waals surface area contributed by atoms with Crippen molar-refractivity contribution >= 4 is 23.4 Å². The lowest BCUT2D eigenvalue weighted by molar-refractivity contribution is -0.116. The van der Waals surface area contributed by atoms with Crippen LogP contribution in [0.2, 0.25) is 0 Å². The first kappa shape index (κ1) is 26.3. The third-order valence-electron chi connectivity index (χ3n) is 6.47. The highest BCUT2D eigenvalue weighted by Crippen LogP contribution is 2.24. The van der Waals surface area contributed by atoms with Gasteiger partial charge in [-0.15, -0.1) is 0 Å². The number of nitrogens with one attached hydrogen (secondary N) is 1. The molecule has 1 aromatic carbocycles. The van der Waals surface area contributed by atoms with Crippen LogP contribution in [0.25, 0.3) is 0 Å². The van der Waals surface area contributed by atoms with E-state index < -0.39 is 5.60 Å². The maximum Gasteiger partial charge on any atom is 0.410 e. The Morgan fingerprint density at radius 2 is 1.62 bits per heavy atom. The third kappa shape index (κ3) is 8.47. The first-order chi connectivity index (χ1) is 16.1. The Morgan fingerprint density at radius 1 is 1.00 bits per heavy atom. The second-order valence-electron chi connectivity index (χ2n) is 10.9. The molecule has 34 heavy (non-hydrogen) atoms. The summed E-state index contributed by atoms with van der Waals surface area (Å²) in [5.74, 6) is 0.689. The summed E-state index contributed by atoms with van der Waals surface area (Å²) in [6.07, 6.45) is 3.16. The highest BCUT2D eigenvalue weighted by Gasteiger charge is 2.27. The Morgan fingerprint density at radius 3 is 2.18 bits per heavy atom. The van der Waals surface area contributed by atoms with Gasteiger partial charge in [0, 0.05) is 50.6 Å². The normalized spacial score (nSPS) is 18.3. The van der Waals surface area contributed by atoms with E-state index in [1.807, 2.05) is 56.8 Å². The van der Waals surface area contributed by atoms with Crippen LogP contribution in [0.4, 0.5) is 16.2 Å². The van der Waals surface area contributed by atoms with Gasteiger partial charge in [0.05, 0.1) is 6.54 Å². The van der Waals surface area contributed by atoms with Crippen molar-refractivity contribution in [2.24, 2.45) is 5.92 Å². The lowest BCUT2D eigenvalue weighted by Gasteiger charge is -2.38. The average Bonchev–Trinajstić information content (AvgIpc) is 2.77. The first-order valence-electron chi connectivity index (χ1n) is 12.6. The van der Waals surface area contributed by atoms with Crippen LogP contribution in [0.3, 0.4) is 0 Å². The minimum Gasteiger partial charge on any atom is -0.444 e. The number of hydrogen-bond acceptors (Lipinski definition) is 6. The maximum absolute atomic E-state index is 12.2. The minimum absolute atomic E-state index is 0.00174. The van der Waals surface area contributed by atoms with Gasteiger partial charge in [-0.25, -0.2) is 4.79 Å².